The molecule has 21 heavy (non-hydrogen) atoms. The molecule has 0 amide bonds. The van der Waals surface area contributed by atoms with Crippen molar-refractivity contribution in [1.82, 2.24) is 4.31 Å². The van der Waals surface area contributed by atoms with E-state index in [1.165, 1.54) is 29.3 Å². The molecule has 0 atom stereocenters. The van der Waals surface area contributed by atoms with Gasteiger partial charge in [0.1, 0.15) is 5.82 Å². The lowest BCUT2D eigenvalue weighted by Gasteiger charge is -2.27. The van der Waals surface area contributed by atoms with E-state index in [0.29, 0.717) is 11.1 Å². The first-order chi connectivity index (χ1) is 9.84. The summed E-state index contributed by atoms with van der Waals surface area (Å²) in [6.45, 7) is 3.31. The maximum atomic E-state index is 13.4. The molecule has 0 saturated heterocycles. The first kappa shape index (κ1) is 16.4. The summed E-state index contributed by atoms with van der Waals surface area (Å²) in [5, 5.41) is 0. The van der Waals surface area contributed by atoms with E-state index in [4.69, 9.17) is 0 Å². The average molecular weight is 313 g/mol. The summed E-state index contributed by atoms with van der Waals surface area (Å²) in [6, 6.07) is 2.64. The molecule has 0 bridgehead atoms. The van der Waals surface area contributed by atoms with E-state index in [0.717, 1.165) is 25.7 Å². The Morgan fingerprint density at radius 2 is 1.52 bits per heavy atom. The highest BCUT2D eigenvalue weighted by molar-refractivity contribution is 7.89. The van der Waals surface area contributed by atoms with Gasteiger partial charge in [0, 0.05) is 13.1 Å². The smallest absolute Gasteiger partial charge is 0.207 e. The van der Waals surface area contributed by atoms with Gasteiger partial charge in [0.05, 0.1) is 4.90 Å². The average Bonchev–Trinajstić information content (AvgIpc) is 2.64. The van der Waals surface area contributed by atoms with Gasteiger partial charge >= 0.3 is 0 Å². The van der Waals surface area contributed by atoms with Crippen LogP contribution in [0.15, 0.2) is 17.0 Å². The molecule has 1 aliphatic carbocycles. The van der Waals surface area contributed by atoms with E-state index in [1.54, 1.807) is 20.9 Å². The third-order valence-corrected chi connectivity index (χ3v) is 6.62. The second kappa shape index (κ2) is 6.44. The van der Waals surface area contributed by atoms with Crippen molar-refractivity contribution < 1.29 is 12.8 Å². The van der Waals surface area contributed by atoms with E-state index in [9.17, 15) is 12.8 Å². The van der Waals surface area contributed by atoms with Crippen molar-refractivity contribution in [3.8, 4) is 0 Å². The molecule has 0 radical (unpaired) electrons. The Hall–Kier alpha value is -0.940. The number of benzene rings is 1. The fraction of sp³-hybridized carbons (Fsp3) is 0.625. The third kappa shape index (κ3) is 3.46. The van der Waals surface area contributed by atoms with Gasteiger partial charge in [-0.05, 0) is 49.9 Å². The van der Waals surface area contributed by atoms with Crippen LogP contribution in [-0.4, -0.2) is 25.8 Å². The maximum absolute atomic E-state index is 13.4. The Labute approximate surface area is 127 Å². The molecule has 118 valence electrons. The van der Waals surface area contributed by atoms with Gasteiger partial charge in [-0.2, -0.15) is 4.31 Å². The molecule has 0 spiro atoms. The highest BCUT2D eigenvalue weighted by Gasteiger charge is 2.30. The van der Waals surface area contributed by atoms with E-state index < -0.39 is 10.0 Å². The van der Waals surface area contributed by atoms with Crippen LogP contribution in [0.3, 0.4) is 0 Å². The molecule has 0 unspecified atom stereocenters. The van der Waals surface area contributed by atoms with E-state index in [1.807, 2.05) is 0 Å². The van der Waals surface area contributed by atoms with Gasteiger partial charge in [-0.15, -0.1) is 0 Å². The van der Waals surface area contributed by atoms with Crippen molar-refractivity contribution in [2.24, 2.45) is 0 Å². The zero-order valence-electron chi connectivity index (χ0n) is 13.0. The number of rotatable bonds is 3. The van der Waals surface area contributed by atoms with Crippen LogP contribution in [-0.2, 0) is 10.0 Å². The molecule has 1 fully saturated rings. The van der Waals surface area contributed by atoms with E-state index >= 15 is 0 Å². The number of nitrogens with zero attached hydrogens (tertiary/aromatic N) is 1. The predicted molar refractivity (Wildman–Crippen MR) is 82.3 cm³/mol. The second-order valence-corrected chi connectivity index (χ2v) is 7.97. The van der Waals surface area contributed by atoms with Crippen LogP contribution in [0.5, 0.6) is 0 Å². The van der Waals surface area contributed by atoms with Crippen LogP contribution in [0, 0.1) is 19.7 Å². The van der Waals surface area contributed by atoms with Crippen LogP contribution in [0.25, 0.3) is 0 Å². The van der Waals surface area contributed by atoms with E-state index in [2.05, 4.69) is 0 Å². The van der Waals surface area contributed by atoms with Gasteiger partial charge in [0.15, 0.2) is 0 Å². The number of aryl methyl sites for hydroxylation is 2. The summed E-state index contributed by atoms with van der Waals surface area (Å²) < 4.78 is 40.7. The molecule has 1 aromatic rings. The van der Waals surface area contributed by atoms with Gasteiger partial charge in [-0.1, -0.05) is 25.7 Å². The lowest BCUT2D eigenvalue weighted by atomic mass is 10.1. The van der Waals surface area contributed by atoms with Gasteiger partial charge in [0.25, 0.3) is 0 Å². The summed E-state index contributed by atoms with van der Waals surface area (Å²) in [4.78, 5) is 0.260. The van der Waals surface area contributed by atoms with Crippen LogP contribution in [0.4, 0.5) is 4.39 Å². The summed E-state index contributed by atoms with van der Waals surface area (Å²) in [5.74, 6) is -0.388. The largest absolute Gasteiger partial charge is 0.243 e. The number of halogens is 1. The fourth-order valence-corrected chi connectivity index (χ4v) is 5.09. The predicted octanol–water partition coefficient (Wildman–Crippen LogP) is 3.79. The Morgan fingerprint density at radius 3 is 2.00 bits per heavy atom. The molecule has 3 nitrogen and oxygen atoms in total. The minimum Gasteiger partial charge on any atom is -0.207 e. The summed E-state index contributed by atoms with van der Waals surface area (Å²) in [6.07, 6.45) is 6.33. The molecule has 5 heteroatoms. The minimum atomic E-state index is -3.57. The lowest BCUT2D eigenvalue weighted by Crippen LogP contribution is -2.37. The van der Waals surface area contributed by atoms with Crippen molar-refractivity contribution in [2.45, 2.75) is 63.3 Å². The van der Waals surface area contributed by atoms with Gasteiger partial charge in [0.2, 0.25) is 10.0 Å². The fourth-order valence-electron chi connectivity index (χ4n) is 3.27. The van der Waals surface area contributed by atoms with Gasteiger partial charge < -0.3 is 0 Å². The molecule has 1 aromatic carbocycles. The molecule has 0 aromatic heterocycles. The van der Waals surface area contributed by atoms with Crippen molar-refractivity contribution in [3.63, 3.8) is 0 Å². The SMILES string of the molecule is Cc1cc(F)cc(C)c1S(=O)(=O)N(C)C1CCCCCC1. The minimum absolute atomic E-state index is 0.0568. The zero-order valence-corrected chi connectivity index (χ0v) is 13.8. The number of sulfonamides is 1. The van der Waals surface area contributed by atoms with Crippen LogP contribution in [0.2, 0.25) is 0 Å². The van der Waals surface area contributed by atoms with Gasteiger partial charge in [-0.25, -0.2) is 12.8 Å². The maximum Gasteiger partial charge on any atom is 0.243 e. The topological polar surface area (TPSA) is 37.4 Å². The zero-order chi connectivity index (χ0) is 15.6. The van der Waals surface area contributed by atoms with Crippen molar-refractivity contribution in [1.29, 1.82) is 0 Å². The van der Waals surface area contributed by atoms with Crippen LogP contribution in [0.1, 0.15) is 49.7 Å². The summed E-state index contributed by atoms with van der Waals surface area (Å²) in [5.41, 5.74) is 0.959. The Balaban J connectivity index is 2.37. The molecule has 1 saturated carbocycles. The highest BCUT2D eigenvalue weighted by atomic mass is 32.2. The molecule has 0 N–H and O–H groups in total. The standard InChI is InChI=1S/C16H24FNO2S/c1-12-10-14(17)11-13(2)16(12)21(19,20)18(3)15-8-6-4-5-7-9-15/h10-11,15H,4-9H2,1-3H3. The van der Waals surface area contributed by atoms with Crippen molar-refractivity contribution >= 4 is 10.0 Å². The molecule has 2 rings (SSSR count). The number of hydrogen-bond acceptors (Lipinski definition) is 2. The van der Waals surface area contributed by atoms with Gasteiger partial charge in [-0.3, -0.25) is 0 Å². The first-order valence-corrected chi connectivity index (χ1v) is 9.03. The summed E-state index contributed by atoms with van der Waals surface area (Å²) >= 11 is 0. The first-order valence-electron chi connectivity index (χ1n) is 7.59. The third-order valence-electron chi connectivity index (χ3n) is 4.40. The molecular weight excluding hydrogens is 289 g/mol. The van der Waals surface area contributed by atoms with Crippen LogP contribution < -0.4 is 0 Å². The van der Waals surface area contributed by atoms with Crippen LogP contribution >= 0.6 is 0 Å². The molecule has 0 aliphatic heterocycles. The quantitative estimate of drug-likeness (QED) is 0.796. The molecule has 1 aliphatic rings. The normalized spacial score (nSPS) is 18.0. The second-order valence-electron chi connectivity index (χ2n) is 6.04. The Kier molecular flexibility index (Phi) is 5.04. The van der Waals surface area contributed by atoms with E-state index in [-0.39, 0.29) is 16.8 Å². The Morgan fingerprint density at radius 1 is 1.05 bits per heavy atom. The highest BCUT2D eigenvalue weighted by Crippen LogP contribution is 2.29. The Bertz CT molecular complexity index is 582. The molecular formula is C16H24FNO2S. The summed E-state index contributed by atoms with van der Waals surface area (Å²) in [7, 11) is -1.91. The molecule has 0 heterocycles. The lowest BCUT2D eigenvalue weighted by molar-refractivity contribution is 0.335. The number of hydrogen-bond donors (Lipinski definition) is 0. The van der Waals surface area contributed by atoms with Crippen molar-refractivity contribution in [3.05, 3.63) is 29.1 Å². The monoisotopic (exact) mass is 313 g/mol. The van der Waals surface area contributed by atoms with Crippen molar-refractivity contribution in [2.75, 3.05) is 7.05 Å².